The zero-order chi connectivity index (χ0) is 11.7. The normalized spacial score (nSPS) is 17.0. The fourth-order valence-electron chi connectivity index (χ4n) is 2.62. The number of rotatable bonds is 3. The van der Waals surface area contributed by atoms with E-state index >= 15 is 0 Å². The van der Waals surface area contributed by atoms with E-state index in [1.54, 1.807) is 0 Å². The monoisotopic (exact) mass is 230 g/mol. The van der Waals surface area contributed by atoms with Gasteiger partial charge >= 0.3 is 0 Å². The minimum atomic E-state index is 0.577. The van der Waals surface area contributed by atoms with Crippen LogP contribution in [0.5, 0.6) is 0 Å². The third-order valence-electron chi connectivity index (χ3n) is 3.57. The largest absolute Gasteiger partial charge is 0.330 e. The second kappa shape index (κ2) is 4.45. The smallest absolute Gasteiger partial charge is 0.155 e. The number of nitrogens with two attached hydrogens (primary N) is 1. The first-order valence-electron chi connectivity index (χ1n) is 6.42. The summed E-state index contributed by atoms with van der Waals surface area (Å²) >= 11 is 0. The van der Waals surface area contributed by atoms with Gasteiger partial charge in [0.15, 0.2) is 11.5 Å². The van der Waals surface area contributed by atoms with E-state index in [0.29, 0.717) is 12.5 Å². The van der Waals surface area contributed by atoms with Gasteiger partial charge < -0.3 is 5.73 Å². The number of aromatic nitrogens is 3. The SMILES string of the molecule is NCCc1ccn2nc(C3CCCC3)nc2c1. The summed E-state index contributed by atoms with van der Waals surface area (Å²) in [5.74, 6) is 1.60. The Morgan fingerprint density at radius 1 is 1.35 bits per heavy atom. The Kier molecular flexibility index (Phi) is 2.81. The molecule has 0 saturated heterocycles. The van der Waals surface area contributed by atoms with E-state index in [1.165, 1.54) is 31.2 Å². The van der Waals surface area contributed by atoms with Gasteiger partial charge in [-0.1, -0.05) is 12.8 Å². The Labute approximate surface area is 101 Å². The fraction of sp³-hybridized carbons (Fsp3) is 0.538. The molecule has 0 spiro atoms. The number of nitrogens with zero attached hydrogens (tertiary/aromatic N) is 3. The van der Waals surface area contributed by atoms with Crippen LogP contribution in [0, 0.1) is 0 Å². The minimum absolute atomic E-state index is 0.577. The van der Waals surface area contributed by atoms with Crippen molar-refractivity contribution in [3.05, 3.63) is 29.7 Å². The van der Waals surface area contributed by atoms with Crippen molar-refractivity contribution in [1.82, 2.24) is 14.6 Å². The highest BCUT2D eigenvalue weighted by Gasteiger charge is 2.21. The molecule has 1 aliphatic rings. The maximum absolute atomic E-state index is 5.57. The Morgan fingerprint density at radius 3 is 2.94 bits per heavy atom. The van der Waals surface area contributed by atoms with Gasteiger partial charge in [0, 0.05) is 12.1 Å². The lowest BCUT2D eigenvalue weighted by molar-refractivity contribution is 0.666. The predicted octanol–water partition coefficient (Wildman–Crippen LogP) is 1.89. The van der Waals surface area contributed by atoms with Gasteiger partial charge in [-0.3, -0.25) is 0 Å². The number of pyridine rings is 1. The first-order chi connectivity index (χ1) is 8.36. The summed E-state index contributed by atoms with van der Waals surface area (Å²) < 4.78 is 1.88. The molecule has 2 heterocycles. The van der Waals surface area contributed by atoms with Crippen molar-refractivity contribution in [3.63, 3.8) is 0 Å². The molecule has 90 valence electrons. The standard InChI is InChI=1S/C13H18N4/c14-7-5-10-6-8-17-12(9-10)15-13(16-17)11-3-1-2-4-11/h6,8-9,11H,1-5,7,14H2. The average Bonchev–Trinajstić information content (AvgIpc) is 2.97. The van der Waals surface area contributed by atoms with Crippen LogP contribution >= 0.6 is 0 Å². The number of hydrogen-bond acceptors (Lipinski definition) is 3. The van der Waals surface area contributed by atoms with Crippen LogP contribution < -0.4 is 5.73 Å². The summed E-state index contributed by atoms with van der Waals surface area (Å²) in [6.07, 6.45) is 8.02. The molecule has 0 aliphatic heterocycles. The van der Waals surface area contributed by atoms with E-state index in [1.807, 2.05) is 10.7 Å². The van der Waals surface area contributed by atoms with Crippen molar-refractivity contribution in [2.24, 2.45) is 5.73 Å². The molecule has 4 heteroatoms. The topological polar surface area (TPSA) is 56.2 Å². The highest BCUT2D eigenvalue weighted by molar-refractivity contribution is 5.41. The molecule has 2 aromatic heterocycles. The molecule has 0 radical (unpaired) electrons. The summed E-state index contributed by atoms with van der Waals surface area (Å²) in [7, 11) is 0. The Bertz CT molecular complexity index is 511. The summed E-state index contributed by atoms with van der Waals surface area (Å²) in [6.45, 7) is 0.680. The Balaban J connectivity index is 1.94. The van der Waals surface area contributed by atoms with Gasteiger partial charge in [0.25, 0.3) is 0 Å². The van der Waals surface area contributed by atoms with Crippen molar-refractivity contribution < 1.29 is 0 Å². The van der Waals surface area contributed by atoms with E-state index in [-0.39, 0.29) is 0 Å². The molecule has 0 amide bonds. The molecule has 3 rings (SSSR count). The first kappa shape index (κ1) is 10.7. The molecule has 1 fully saturated rings. The molecule has 0 unspecified atom stereocenters. The van der Waals surface area contributed by atoms with Gasteiger partial charge in [0.2, 0.25) is 0 Å². The second-order valence-corrected chi connectivity index (χ2v) is 4.83. The van der Waals surface area contributed by atoms with E-state index in [9.17, 15) is 0 Å². The Hall–Kier alpha value is -1.42. The molecular formula is C13H18N4. The van der Waals surface area contributed by atoms with Crippen LogP contribution in [0.1, 0.15) is 43.0 Å². The van der Waals surface area contributed by atoms with Gasteiger partial charge in [-0.05, 0) is 43.5 Å². The summed E-state index contributed by atoms with van der Waals surface area (Å²) in [5, 5.41) is 4.57. The van der Waals surface area contributed by atoms with Crippen LogP contribution in [-0.4, -0.2) is 21.1 Å². The highest BCUT2D eigenvalue weighted by atomic mass is 15.3. The van der Waals surface area contributed by atoms with E-state index in [4.69, 9.17) is 5.73 Å². The maximum atomic E-state index is 5.57. The van der Waals surface area contributed by atoms with Gasteiger partial charge in [-0.2, -0.15) is 5.10 Å². The van der Waals surface area contributed by atoms with Crippen LogP contribution in [0.25, 0.3) is 5.65 Å². The lowest BCUT2D eigenvalue weighted by Crippen LogP contribution is -2.03. The molecule has 0 bridgehead atoms. The maximum Gasteiger partial charge on any atom is 0.155 e. The summed E-state index contributed by atoms with van der Waals surface area (Å²) in [4.78, 5) is 4.65. The molecular weight excluding hydrogens is 212 g/mol. The van der Waals surface area contributed by atoms with E-state index in [0.717, 1.165) is 17.9 Å². The second-order valence-electron chi connectivity index (χ2n) is 4.83. The fourth-order valence-corrected chi connectivity index (χ4v) is 2.62. The zero-order valence-electron chi connectivity index (χ0n) is 9.97. The third kappa shape index (κ3) is 2.05. The molecule has 1 aliphatic carbocycles. The van der Waals surface area contributed by atoms with Gasteiger partial charge in [-0.25, -0.2) is 9.50 Å². The van der Waals surface area contributed by atoms with Crippen molar-refractivity contribution in [3.8, 4) is 0 Å². The van der Waals surface area contributed by atoms with Crippen LogP contribution in [-0.2, 0) is 6.42 Å². The molecule has 0 atom stereocenters. The average molecular weight is 230 g/mol. The lowest BCUT2D eigenvalue weighted by atomic mass is 10.1. The summed E-state index contributed by atoms with van der Waals surface area (Å²) in [5.41, 5.74) is 7.76. The van der Waals surface area contributed by atoms with Crippen LogP contribution in [0.15, 0.2) is 18.3 Å². The van der Waals surface area contributed by atoms with Gasteiger partial charge in [0.1, 0.15) is 0 Å². The van der Waals surface area contributed by atoms with E-state index < -0.39 is 0 Å². The quantitative estimate of drug-likeness (QED) is 0.876. The number of fused-ring (bicyclic) bond motifs is 1. The molecule has 2 N–H and O–H groups in total. The number of hydrogen-bond donors (Lipinski definition) is 1. The van der Waals surface area contributed by atoms with Gasteiger partial charge in [0.05, 0.1) is 0 Å². The van der Waals surface area contributed by atoms with Crippen LogP contribution in [0.2, 0.25) is 0 Å². The molecule has 4 nitrogen and oxygen atoms in total. The lowest BCUT2D eigenvalue weighted by Gasteiger charge is -2.00. The van der Waals surface area contributed by atoms with Gasteiger partial charge in [-0.15, -0.1) is 0 Å². The molecule has 0 aromatic carbocycles. The summed E-state index contributed by atoms with van der Waals surface area (Å²) in [6, 6.07) is 4.17. The van der Waals surface area contributed by atoms with E-state index in [2.05, 4.69) is 22.2 Å². The Morgan fingerprint density at radius 2 is 2.18 bits per heavy atom. The predicted molar refractivity (Wildman–Crippen MR) is 67.0 cm³/mol. The van der Waals surface area contributed by atoms with Crippen molar-refractivity contribution >= 4 is 5.65 Å². The van der Waals surface area contributed by atoms with Crippen molar-refractivity contribution in [1.29, 1.82) is 0 Å². The zero-order valence-corrected chi connectivity index (χ0v) is 9.97. The van der Waals surface area contributed by atoms with Crippen LogP contribution in [0.3, 0.4) is 0 Å². The first-order valence-corrected chi connectivity index (χ1v) is 6.42. The van der Waals surface area contributed by atoms with Crippen molar-refractivity contribution in [2.45, 2.75) is 38.0 Å². The van der Waals surface area contributed by atoms with Crippen molar-refractivity contribution in [2.75, 3.05) is 6.54 Å². The van der Waals surface area contributed by atoms with Crippen LogP contribution in [0.4, 0.5) is 0 Å². The minimum Gasteiger partial charge on any atom is -0.330 e. The molecule has 2 aromatic rings. The third-order valence-corrected chi connectivity index (χ3v) is 3.57. The molecule has 1 saturated carbocycles. The highest BCUT2D eigenvalue weighted by Crippen LogP contribution is 2.32. The molecule has 17 heavy (non-hydrogen) atoms.